The van der Waals surface area contributed by atoms with Crippen LogP contribution in [0.4, 0.5) is 5.69 Å². The molecule has 0 saturated carbocycles. The standard InChI is InChI=1S/C22H33N3/c1-4-22(2,3)16-19-17-23-21(24-19)13-10-18-8-11-20(12-9-18)25-14-6-5-7-15-25/h8-9,11-12,17H,4-7,10,13-16H2,1-3H3,(H,23,24). The Morgan fingerprint density at radius 2 is 1.76 bits per heavy atom. The van der Waals surface area contributed by atoms with Gasteiger partial charge in [-0.05, 0) is 55.2 Å². The zero-order valence-corrected chi connectivity index (χ0v) is 16.1. The van der Waals surface area contributed by atoms with Crippen LogP contribution in [-0.2, 0) is 19.3 Å². The smallest absolute Gasteiger partial charge is 0.106 e. The molecule has 0 bridgehead atoms. The van der Waals surface area contributed by atoms with Crippen molar-refractivity contribution in [3.8, 4) is 0 Å². The molecule has 1 aromatic heterocycles. The SMILES string of the molecule is CCC(C)(C)Cc1cnc(CCc2ccc(N3CCCCC3)cc2)[nH]1. The van der Waals surface area contributed by atoms with Gasteiger partial charge in [0, 0.05) is 37.1 Å². The van der Waals surface area contributed by atoms with E-state index in [1.54, 1.807) is 0 Å². The van der Waals surface area contributed by atoms with Crippen LogP contribution in [0.2, 0.25) is 0 Å². The first-order valence-electron chi connectivity index (χ1n) is 9.92. The summed E-state index contributed by atoms with van der Waals surface area (Å²) < 4.78 is 0. The van der Waals surface area contributed by atoms with Crippen molar-refractivity contribution < 1.29 is 0 Å². The Balaban J connectivity index is 1.52. The molecule has 1 fully saturated rings. The quantitative estimate of drug-likeness (QED) is 0.755. The molecular formula is C22H33N3. The maximum absolute atomic E-state index is 4.58. The molecule has 0 amide bonds. The van der Waals surface area contributed by atoms with E-state index >= 15 is 0 Å². The Hall–Kier alpha value is -1.77. The van der Waals surface area contributed by atoms with E-state index in [-0.39, 0.29) is 0 Å². The lowest BCUT2D eigenvalue weighted by Gasteiger charge is -2.28. The van der Waals surface area contributed by atoms with Crippen LogP contribution in [0.15, 0.2) is 30.5 Å². The van der Waals surface area contributed by atoms with E-state index in [0.717, 1.165) is 25.1 Å². The van der Waals surface area contributed by atoms with Crippen LogP contribution < -0.4 is 4.90 Å². The van der Waals surface area contributed by atoms with Gasteiger partial charge in [0.1, 0.15) is 5.82 Å². The highest BCUT2D eigenvalue weighted by atomic mass is 15.1. The predicted octanol–water partition coefficient (Wildman–Crippen LogP) is 5.16. The van der Waals surface area contributed by atoms with Gasteiger partial charge in [-0.3, -0.25) is 0 Å². The lowest BCUT2D eigenvalue weighted by Crippen LogP contribution is -2.29. The minimum absolute atomic E-state index is 0.341. The molecule has 2 heterocycles. The summed E-state index contributed by atoms with van der Waals surface area (Å²) in [6.07, 6.45) is 10.3. The average Bonchev–Trinajstić information content (AvgIpc) is 3.08. The van der Waals surface area contributed by atoms with Crippen molar-refractivity contribution in [1.29, 1.82) is 0 Å². The van der Waals surface area contributed by atoms with E-state index in [2.05, 4.69) is 59.9 Å². The zero-order valence-electron chi connectivity index (χ0n) is 16.1. The molecule has 3 rings (SSSR count). The van der Waals surface area contributed by atoms with E-state index in [0.29, 0.717) is 5.41 Å². The van der Waals surface area contributed by atoms with Crippen LogP contribution in [0.25, 0.3) is 0 Å². The molecule has 0 radical (unpaired) electrons. The molecule has 0 unspecified atom stereocenters. The van der Waals surface area contributed by atoms with Crippen molar-refractivity contribution >= 4 is 5.69 Å². The summed E-state index contributed by atoms with van der Waals surface area (Å²) in [5.41, 5.74) is 4.38. The molecule has 136 valence electrons. The Labute approximate surface area is 152 Å². The second-order valence-corrected chi connectivity index (χ2v) is 8.26. The van der Waals surface area contributed by atoms with Gasteiger partial charge in [0.25, 0.3) is 0 Å². The van der Waals surface area contributed by atoms with E-state index in [9.17, 15) is 0 Å². The molecule has 1 aliphatic heterocycles. The number of benzene rings is 1. The molecule has 1 saturated heterocycles. The number of piperidine rings is 1. The van der Waals surface area contributed by atoms with Crippen molar-refractivity contribution in [3.63, 3.8) is 0 Å². The average molecular weight is 340 g/mol. The van der Waals surface area contributed by atoms with Gasteiger partial charge in [0.15, 0.2) is 0 Å². The van der Waals surface area contributed by atoms with Crippen molar-refractivity contribution in [1.82, 2.24) is 9.97 Å². The number of imidazole rings is 1. The second-order valence-electron chi connectivity index (χ2n) is 8.26. The van der Waals surface area contributed by atoms with Crippen LogP contribution >= 0.6 is 0 Å². The number of aryl methyl sites for hydroxylation is 2. The highest BCUT2D eigenvalue weighted by Gasteiger charge is 2.17. The van der Waals surface area contributed by atoms with Gasteiger partial charge >= 0.3 is 0 Å². The molecule has 0 atom stereocenters. The van der Waals surface area contributed by atoms with E-state index < -0.39 is 0 Å². The van der Waals surface area contributed by atoms with Crippen LogP contribution in [0.1, 0.15) is 63.5 Å². The van der Waals surface area contributed by atoms with Gasteiger partial charge in [-0.25, -0.2) is 4.98 Å². The fourth-order valence-corrected chi connectivity index (χ4v) is 3.55. The van der Waals surface area contributed by atoms with Crippen molar-refractivity contribution in [2.24, 2.45) is 5.41 Å². The highest BCUT2D eigenvalue weighted by molar-refractivity contribution is 5.47. The normalized spacial score (nSPS) is 15.6. The summed E-state index contributed by atoms with van der Waals surface area (Å²) in [5, 5.41) is 0. The van der Waals surface area contributed by atoms with Crippen LogP contribution in [0.5, 0.6) is 0 Å². The molecule has 2 aromatic rings. The van der Waals surface area contributed by atoms with Crippen molar-refractivity contribution in [2.45, 2.75) is 65.7 Å². The number of aromatic amines is 1. The molecule has 0 aliphatic carbocycles. The fraction of sp³-hybridized carbons (Fsp3) is 0.591. The third kappa shape index (κ3) is 5.10. The number of anilines is 1. The lowest BCUT2D eigenvalue weighted by molar-refractivity contribution is 0.346. The first-order chi connectivity index (χ1) is 12.1. The summed E-state index contributed by atoms with van der Waals surface area (Å²) in [7, 11) is 0. The topological polar surface area (TPSA) is 31.9 Å². The molecule has 1 aromatic carbocycles. The van der Waals surface area contributed by atoms with Gasteiger partial charge < -0.3 is 9.88 Å². The lowest BCUT2D eigenvalue weighted by atomic mass is 9.85. The Bertz CT molecular complexity index is 648. The maximum Gasteiger partial charge on any atom is 0.106 e. The second kappa shape index (κ2) is 8.07. The minimum Gasteiger partial charge on any atom is -0.372 e. The summed E-state index contributed by atoms with van der Waals surface area (Å²) in [4.78, 5) is 10.6. The first-order valence-corrected chi connectivity index (χ1v) is 9.92. The number of hydrogen-bond acceptors (Lipinski definition) is 2. The predicted molar refractivity (Wildman–Crippen MR) is 106 cm³/mol. The van der Waals surface area contributed by atoms with Gasteiger partial charge in [-0.15, -0.1) is 0 Å². The van der Waals surface area contributed by atoms with Crippen LogP contribution in [0.3, 0.4) is 0 Å². The van der Waals surface area contributed by atoms with E-state index in [1.165, 1.54) is 55.7 Å². The zero-order chi connectivity index (χ0) is 17.7. The molecule has 3 nitrogen and oxygen atoms in total. The summed E-state index contributed by atoms with van der Waals surface area (Å²) >= 11 is 0. The number of nitrogens with one attached hydrogen (secondary N) is 1. The Morgan fingerprint density at radius 3 is 2.44 bits per heavy atom. The molecule has 1 N–H and O–H groups in total. The number of hydrogen-bond donors (Lipinski definition) is 1. The molecular weight excluding hydrogens is 306 g/mol. The molecule has 3 heteroatoms. The number of aromatic nitrogens is 2. The molecule has 0 spiro atoms. The fourth-order valence-electron chi connectivity index (χ4n) is 3.55. The largest absolute Gasteiger partial charge is 0.372 e. The third-order valence-electron chi connectivity index (χ3n) is 5.62. The van der Waals surface area contributed by atoms with Crippen LogP contribution in [-0.4, -0.2) is 23.1 Å². The maximum atomic E-state index is 4.58. The molecule has 25 heavy (non-hydrogen) atoms. The summed E-state index contributed by atoms with van der Waals surface area (Å²) in [5.74, 6) is 1.11. The van der Waals surface area contributed by atoms with E-state index in [4.69, 9.17) is 0 Å². The minimum atomic E-state index is 0.341. The number of H-pyrrole nitrogens is 1. The summed E-state index contributed by atoms with van der Waals surface area (Å²) in [6.45, 7) is 9.31. The van der Waals surface area contributed by atoms with Crippen molar-refractivity contribution in [3.05, 3.63) is 47.5 Å². The van der Waals surface area contributed by atoms with Crippen LogP contribution in [0, 0.1) is 5.41 Å². The van der Waals surface area contributed by atoms with Gasteiger partial charge in [-0.1, -0.05) is 39.3 Å². The van der Waals surface area contributed by atoms with Gasteiger partial charge in [0.05, 0.1) is 0 Å². The van der Waals surface area contributed by atoms with Gasteiger partial charge in [0.2, 0.25) is 0 Å². The van der Waals surface area contributed by atoms with E-state index in [1.807, 2.05) is 6.20 Å². The first kappa shape index (κ1) is 18.0. The number of rotatable bonds is 7. The Morgan fingerprint density at radius 1 is 1.04 bits per heavy atom. The Kier molecular flexibility index (Phi) is 5.82. The monoisotopic (exact) mass is 339 g/mol. The highest BCUT2D eigenvalue weighted by Crippen LogP contribution is 2.25. The summed E-state index contributed by atoms with van der Waals surface area (Å²) in [6, 6.07) is 9.15. The van der Waals surface area contributed by atoms with Gasteiger partial charge in [-0.2, -0.15) is 0 Å². The molecule has 1 aliphatic rings. The van der Waals surface area contributed by atoms with Crippen molar-refractivity contribution in [2.75, 3.05) is 18.0 Å². The third-order valence-corrected chi connectivity index (χ3v) is 5.62. The number of nitrogens with zero attached hydrogens (tertiary/aromatic N) is 2.